The summed E-state index contributed by atoms with van der Waals surface area (Å²) in [7, 11) is 2.59. The van der Waals surface area contributed by atoms with Crippen LogP contribution < -0.4 is 4.74 Å². The molecule has 6 nitrogen and oxygen atoms in total. The Morgan fingerprint density at radius 3 is 2.55 bits per heavy atom. The highest BCUT2D eigenvalue weighted by atomic mass is 16.6. The van der Waals surface area contributed by atoms with Gasteiger partial charge in [0.25, 0.3) is 0 Å². The molecule has 120 valence electrons. The maximum atomic E-state index is 12.0. The highest BCUT2D eigenvalue weighted by Crippen LogP contribution is 2.22. The Hall–Kier alpha value is -2.50. The van der Waals surface area contributed by atoms with Crippen molar-refractivity contribution in [3.05, 3.63) is 41.9 Å². The lowest BCUT2D eigenvalue weighted by atomic mass is 10.2. The molecule has 6 heteroatoms. The maximum absolute atomic E-state index is 12.0. The average molecular weight is 308 g/mol. The average Bonchev–Trinajstić information content (AvgIpc) is 2.54. The number of hydrogen-bond donors (Lipinski definition) is 0. The number of para-hydroxylation sites is 1. The van der Waals surface area contributed by atoms with Gasteiger partial charge < -0.3 is 18.9 Å². The van der Waals surface area contributed by atoms with Crippen molar-refractivity contribution >= 4 is 11.9 Å². The van der Waals surface area contributed by atoms with Gasteiger partial charge in [-0.2, -0.15) is 0 Å². The summed E-state index contributed by atoms with van der Waals surface area (Å²) in [6.45, 7) is 2.34. The minimum atomic E-state index is -0.712. The van der Waals surface area contributed by atoms with E-state index in [1.165, 1.54) is 14.2 Å². The van der Waals surface area contributed by atoms with Crippen LogP contribution in [-0.4, -0.2) is 32.8 Å². The molecule has 0 unspecified atom stereocenters. The highest BCUT2D eigenvalue weighted by Gasteiger charge is 2.19. The van der Waals surface area contributed by atoms with Gasteiger partial charge in [0.1, 0.15) is 17.6 Å². The third kappa shape index (κ3) is 5.12. The number of rotatable bonds is 8. The zero-order valence-corrected chi connectivity index (χ0v) is 13.0. The Morgan fingerprint density at radius 2 is 1.91 bits per heavy atom. The molecule has 0 saturated heterocycles. The van der Waals surface area contributed by atoms with E-state index in [4.69, 9.17) is 14.2 Å². The molecule has 0 N–H and O–H groups in total. The fraction of sp³-hybridized carbons (Fsp3) is 0.375. The molecule has 0 aliphatic rings. The van der Waals surface area contributed by atoms with Crippen LogP contribution in [0.5, 0.6) is 5.75 Å². The van der Waals surface area contributed by atoms with Gasteiger partial charge >= 0.3 is 11.9 Å². The van der Waals surface area contributed by atoms with Crippen LogP contribution in [0.2, 0.25) is 0 Å². The van der Waals surface area contributed by atoms with Crippen molar-refractivity contribution in [2.75, 3.05) is 20.8 Å². The standard InChI is InChI=1S/C16H20O6/c1-4-5-10-21-15(17)12-8-6-7-9-13(12)22-14(11-19-2)16(18)20-3/h6-9,11H,4-5,10H2,1-3H3/b14-11+. The first-order chi connectivity index (χ1) is 10.6. The van der Waals surface area contributed by atoms with Crippen LogP contribution in [0.15, 0.2) is 36.3 Å². The molecule has 0 heterocycles. The van der Waals surface area contributed by atoms with Crippen molar-refractivity contribution in [2.45, 2.75) is 19.8 Å². The van der Waals surface area contributed by atoms with Gasteiger partial charge in [0, 0.05) is 0 Å². The third-order valence-electron chi connectivity index (χ3n) is 2.67. The van der Waals surface area contributed by atoms with Crippen molar-refractivity contribution in [3.63, 3.8) is 0 Å². The summed E-state index contributed by atoms with van der Waals surface area (Å²) in [5, 5.41) is 0. The van der Waals surface area contributed by atoms with Gasteiger partial charge in [0.15, 0.2) is 0 Å². The fourth-order valence-electron chi connectivity index (χ4n) is 1.55. The molecule has 0 fully saturated rings. The Balaban J connectivity index is 2.93. The van der Waals surface area contributed by atoms with E-state index in [9.17, 15) is 9.59 Å². The molecule has 1 aromatic carbocycles. The number of carbonyl (C=O) groups is 2. The van der Waals surface area contributed by atoms with E-state index in [-0.39, 0.29) is 17.1 Å². The van der Waals surface area contributed by atoms with E-state index in [2.05, 4.69) is 4.74 Å². The minimum Gasteiger partial charge on any atom is -0.500 e. The van der Waals surface area contributed by atoms with Crippen LogP contribution in [0.3, 0.4) is 0 Å². The summed E-state index contributed by atoms with van der Waals surface area (Å²) in [5.41, 5.74) is 0.226. The number of methoxy groups -OCH3 is 2. The first kappa shape index (κ1) is 17.6. The molecule has 0 bridgehead atoms. The van der Waals surface area contributed by atoms with Crippen LogP contribution in [0.4, 0.5) is 0 Å². The van der Waals surface area contributed by atoms with Crippen LogP contribution in [-0.2, 0) is 19.0 Å². The summed E-state index contributed by atoms with van der Waals surface area (Å²) in [6, 6.07) is 6.48. The Kier molecular flexibility index (Phi) is 7.53. The van der Waals surface area contributed by atoms with Crippen LogP contribution in [0.1, 0.15) is 30.1 Å². The quantitative estimate of drug-likeness (QED) is 0.318. The lowest BCUT2D eigenvalue weighted by Gasteiger charge is -2.11. The van der Waals surface area contributed by atoms with Crippen molar-refractivity contribution < 1.29 is 28.5 Å². The predicted octanol–water partition coefficient (Wildman–Crippen LogP) is 2.68. The molecule has 0 aliphatic carbocycles. The third-order valence-corrected chi connectivity index (χ3v) is 2.67. The molecule has 1 rings (SSSR count). The van der Waals surface area contributed by atoms with Gasteiger partial charge in [0.2, 0.25) is 5.76 Å². The smallest absolute Gasteiger partial charge is 0.377 e. The van der Waals surface area contributed by atoms with E-state index in [1.54, 1.807) is 24.3 Å². The molecule has 22 heavy (non-hydrogen) atoms. The normalized spacial score (nSPS) is 10.8. The number of carbonyl (C=O) groups excluding carboxylic acids is 2. The number of benzene rings is 1. The summed E-state index contributed by atoms with van der Waals surface area (Å²) in [4.78, 5) is 23.6. The number of hydrogen-bond acceptors (Lipinski definition) is 6. The Labute approximate surface area is 129 Å². The van der Waals surface area contributed by atoms with Crippen molar-refractivity contribution in [3.8, 4) is 5.75 Å². The monoisotopic (exact) mass is 308 g/mol. The predicted molar refractivity (Wildman–Crippen MR) is 79.4 cm³/mol. The van der Waals surface area contributed by atoms with Crippen molar-refractivity contribution in [2.24, 2.45) is 0 Å². The van der Waals surface area contributed by atoms with Gasteiger partial charge in [-0.3, -0.25) is 0 Å². The molecule has 1 aromatic rings. The summed E-state index contributed by atoms with van der Waals surface area (Å²) in [5.74, 6) is -1.20. The van der Waals surface area contributed by atoms with E-state index >= 15 is 0 Å². The van der Waals surface area contributed by atoms with Gasteiger partial charge in [-0.15, -0.1) is 0 Å². The number of ether oxygens (including phenoxy) is 4. The van der Waals surface area contributed by atoms with E-state index in [1.807, 2.05) is 6.92 Å². The summed E-state index contributed by atoms with van der Waals surface area (Å²) < 4.78 is 19.9. The molecular formula is C16H20O6. The van der Waals surface area contributed by atoms with E-state index in [0.717, 1.165) is 19.1 Å². The van der Waals surface area contributed by atoms with Gasteiger partial charge in [-0.1, -0.05) is 25.5 Å². The van der Waals surface area contributed by atoms with E-state index < -0.39 is 11.9 Å². The Bertz CT molecular complexity index is 535. The van der Waals surface area contributed by atoms with Crippen LogP contribution in [0.25, 0.3) is 0 Å². The lowest BCUT2D eigenvalue weighted by molar-refractivity contribution is -0.138. The SMILES string of the molecule is CCCCOC(=O)c1ccccc1O/C(=C/OC)C(=O)OC. The molecule has 0 amide bonds. The zero-order valence-electron chi connectivity index (χ0n) is 13.0. The Morgan fingerprint density at radius 1 is 1.18 bits per heavy atom. The molecule has 0 radical (unpaired) electrons. The van der Waals surface area contributed by atoms with Crippen LogP contribution >= 0.6 is 0 Å². The summed E-state index contributed by atoms with van der Waals surface area (Å²) >= 11 is 0. The second-order valence-corrected chi connectivity index (χ2v) is 4.30. The van der Waals surface area contributed by atoms with Gasteiger partial charge in [-0.25, -0.2) is 9.59 Å². The summed E-state index contributed by atoms with van der Waals surface area (Å²) in [6.07, 6.45) is 2.81. The number of esters is 2. The zero-order chi connectivity index (χ0) is 16.4. The molecule has 0 saturated carbocycles. The van der Waals surface area contributed by atoms with Crippen molar-refractivity contribution in [1.82, 2.24) is 0 Å². The van der Waals surface area contributed by atoms with E-state index in [0.29, 0.717) is 6.61 Å². The first-order valence-electron chi connectivity index (χ1n) is 6.89. The highest BCUT2D eigenvalue weighted by molar-refractivity contribution is 5.93. The molecule has 0 atom stereocenters. The lowest BCUT2D eigenvalue weighted by Crippen LogP contribution is -2.14. The van der Waals surface area contributed by atoms with Crippen molar-refractivity contribution in [1.29, 1.82) is 0 Å². The van der Waals surface area contributed by atoms with Gasteiger partial charge in [-0.05, 0) is 18.6 Å². The molecule has 0 aromatic heterocycles. The first-order valence-corrected chi connectivity index (χ1v) is 6.89. The molecule has 0 aliphatic heterocycles. The second-order valence-electron chi connectivity index (χ2n) is 4.30. The molecule has 0 spiro atoms. The fourth-order valence-corrected chi connectivity index (χ4v) is 1.55. The number of unbranched alkanes of at least 4 members (excludes halogenated alkanes) is 1. The topological polar surface area (TPSA) is 71.1 Å². The minimum absolute atomic E-state index is 0.168. The van der Waals surface area contributed by atoms with Crippen LogP contribution in [0, 0.1) is 0 Å². The van der Waals surface area contributed by atoms with Gasteiger partial charge in [0.05, 0.1) is 20.8 Å². The maximum Gasteiger partial charge on any atom is 0.377 e. The molecular weight excluding hydrogens is 288 g/mol. The largest absolute Gasteiger partial charge is 0.500 e. The second kappa shape index (κ2) is 9.44.